The highest BCUT2D eigenvalue weighted by molar-refractivity contribution is 5.77. The largest absolute Gasteiger partial charge is 0.399 e. The number of anilines is 1. The van der Waals surface area contributed by atoms with Crippen molar-refractivity contribution in [2.75, 3.05) is 18.9 Å². The van der Waals surface area contributed by atoms with Crippen LogP contribution in [-0.2, 0) is 16.0 Å². The number of benzene rings is 1. The number of hydrogen-bond acceptors (Lipinski definition) is 3. The van der Waals surface area contributed by atoms with Crippen LogP contribution in [0.25, 0.3) is 0 Å². The molecule has 98 valence electrons. The number of nitrogens with two attached hydrogens (primary N) is 1. The van der Waals surface area contributed by atoms with E-state index in [9.17, 15) is 4.79 Å². The molecule has 0 radical (unpaired) electrons. The number of aryl methyl sites for hydroxylation is 1. The molecule has 1 aliphatic heterocycles. The van der Waals surface area contributed by atoms with E-state index in [0.29, 0.717) is 13.0 Å². The maximum atomic E-state index is 11.9. The standard InChI is InChI=1S/C14H20N2O2/c1-14(8-9-18-10-14)16-13(17)7-4-11-2-5-12(15)6-3-11/h2-3,5-6H,4,7-10,15H2,1H3,(H,16,17). The minimum atomic E-state index is -0.182. The van der Waals surface area contributed by atoms with Gasteiger partial charge in [-0.15, -0.1) is 0 Å². The van der Waals surface area contributed by atoms with E-state index in [1.165, 1.54) is 0 Å². The maximum Gasteiger partial charge on any atom is 0.220 e. The Morgan fingerprint density at radius 1 is 1.44 bits per heavy atom. The molecule has 0 saturated carbocycles. The van der Waals surface area contributed by atoms with E-state index < -0.39 is 0 Å². The van der Waals surface area contributed by atoms with Crippen LogP contribution in [0.15, 0.2) is 24.3 Å². The number of nitrogens with one attached hydrogen (secondary N) is 1. The third-order valence-electron chi connectivity index (χ3n) is 3.28. The molecule has 1 aliphatic rings. The van der Waals surface area contributed by atoms with Gasteiger partial charge in [0.15, 0.2) is 0 Å². The van der Waals surface area contributed by atoms with Gasteiger partial charge in [-0.2, -0.15) is 0 Å². The molecular formula is C14H20N2O2. The normalized spacial score (nSPS) is 22.9. The third kappa shape index (κ3) is 3.47. The Balaban J connectivity index is 1.79. The molecule has 3 N–H and O–H groups in total. The molecule has 1 unspecified atom stereocenters. The Morgan fingerprint density at radius 2 is 2.17 bits per heavy atom. The maximum absolute atomic E-state index is 11.9. The van der Waals surface area contributed by atoms with Crippen LogP contribution in [0.5, 0.6) is 0 Å². The smallest absolute Gasteiger partial charge is 0.220 e. The Morgan fingerprint density at radius 3 is 2.78 bits per heavy atom. The van der Waals surface area contributed by atoms with Crippen LogP contribution in [0.3, 0.4) is 0 Å². The van der Waals surface area contributed by atoms with Gasteiger partial charge in [0.1, 0.15) is 0 Å². The van der Waals surface area contributed by atoms with Gasteiger partial charge >= 0.3 is 0 Å². The molecule has 1 aromatic carbocycles. The molecular weight excluding hydrogens is 228 g/mol. The van der Waals surface area contributed by atoms with E-state index in [1.54, 1.807) is 0 Å². The van der Waals surface area contributed by atoms with Crippen molar-refractivity contribution in [3.8, 4) is 0 Å². The van der Waals surface area contributed by atoms with Crippen LogP contribution < -0.4 is 11.1 Å². The Bertz CT molecular complexity index is 408. The topological polar surface area (TPSA) is 64.4 Å². The SMILES string of the molecule is CC1(NC(=O)CCc2ccc(N)cc2)CCOC1. The Hall–Kier alpha value is -1.55. The molecule has 0 aliphatic carbocycles. The van der Waals surface area contributed by atoms with Gasteiger partial charge in [0.2, 0.25) is 5.91 Å². The minimum absolute atomic E-state index is 0.0832. The molecule has 1 amide bonds. The molecule has 4 heteroatoms. The molecule has 0 aromatic heterocycles. The monoisotopic (exact) mass is 248 g/mol. The van der Waals surface area contributed by atoms with Crippen molar-refractivity contribution in [2.45, 2.75) is 31.7 Å². The lowest BCUT2D eigenvalue weighted by Gasteiger charge is -2.23. The summed E-state index contributed by atoms with van der Waals surface area (Å²) in [5.41, 5.74) is 7.31. The van der Waals surface area contributed by atoms with Crippen molar-refractivity contribution in [1.29, 1.82) is 0 Å². The summed E-state index contributed by atoms with van der Waals surface area (Å²) in [6, 6.07) is 7.64. The van der Waals surface area contributed by atoms with Gasteiger partial charge in [-0.05, 0) is 37.5 Å². The van der Waals surface area contributed by atoms with E-state index in [4.69, 9.17) is 10.5 Å². The molecule has 4 nitrogen and oxygen atoms in total. The fraction of sp³-hybridized carbons (Fsp3) is 0.500. The summed E-state index contributed by atoms with van der Waals surface area (Å²) in [5.74, 6) is 0.0832. The van der Waals surface area contributed by atoms with Crippen molar-refractivity contribution in [3.63, 3.8) is 0 Å². The van der Waals surface area contributed by atoms with Crippen LogP contribution in [0.1, 0.15) is 25.3 Å². The highest BCUT2D eigenvalue weighted by Crippen LogP contribution is 2.17. The Labute approximate surface area is 108 Å². The lowest BCUT2D eigenvalue weighted by Crippen LogP contribution is -2.46. The predicted octanol–water partition coefficient (Wildman–Crippen LogP) is 1.50. The molecule has 1 saturated heterocycles. The predicted molar refractivity (Wildman–Crippen MR) is 71.2 cm³/mol. The zero-order valence-electron chi connectivity index (χ0n) is 10.7. The van der Waals surface area contributed by atoms with Crippen molar-refractivity contribution in [2.24, 2.45) is 0 Å². The summed E-state index contributed by atoms with van der Waals surface area (Å²) in [6.07, 6.45) is 2.13. The summed E-state index contributed by atoms with van der Waals surface area (Å²) in [6.45, 7) is 3.37. The van der Waals surface area contributed by atoms with Gasteiger partial charge in [0, 0.05) is 18.7 Å². The molecule has 1 heterocycles. The van der Waals surface area contributed by atoms with Crippen LogP contribution in [0, 0.1) is 0 Å². The number of amides is 1. The third-order valence-corrected chi connectivity index (χ3v) is 3.28. The van der Waals surface area contributed by atoms with Crippen molar-refractivity contribution in [1.82, 2.24) is 5.32 Å². The number of nitrogen functional groups attached to an aromatic ring is 1. The Kier molecular flexibility index (Phi) is 3.87. The van der Waals surface area contributed by atoms with Gasteiger partial charge < -0.3 is 15.8 Å². The summed E-state index contributed by atoms with van der Waals surface area (Å²) < 4.78 is 5.31. The lowest BCUT2D eigenvalue weighted by molar-refractivity contribution is -0.122. The van der Waals surface area contributed by atoms with Crippen LogP contribution in [0.2, 0.25) is 0 Å². The quantitative estimate of drug-likeness (QED) is 0.794. The van der Waals surface area contributed by atoms with Gasteiger partial charge in [-0.3, -0.25) is 4.79 Å². The molecule has 0 spiro atoms. The number of ether oxygens (including phenoxy) is 1. The van der Waals surface area contributed by atoms with E-state index in [0.717, 1.165) is 30.7 Å². The van der Waals surface area contributed by atoms with Gasteiger partial charge in [-0.1, -0.05) is 12.1 Å². The van der Waals surface area contributed by atoms with E-state index in [1.807, 2.05) is 31.2 Å². The van der Waals surface area contributed by atoms with E-state index in [-0.39, 0.29) is 11.4 Å². The second-order valence-corrected chi connectivity index (χ2v) is 5.15. The van der Waals surface area contributed by atoms with Crippen LogP contribution >= 0.6 is 0 Å². The summed E-state index contributed by atoms with van der Waals surface area (Å²) >= 11 is 0. The highest BCUT2D eigenvalue weighted by Gasteiger charge is 2.30. The van der Waals surface area contributed by atoms with Crippen molar-refractivity contribution >= 4 is 11.6 Å². The second kappa shape index (κ2) is 5.40. The lowest BCUT2D eigenvalue weighted by atomic mass is 10.0. The van der Waals surface area contributed by atoms with Gasteiger partial charge in [0.25, 0.3) is 0 Å². The van der Waals surface area contributed by atoms with Crippen LogP contribution in [0.4, 0.5) is 5.69 Å². The van der Waals surface area contributed by atoms with E-state index >= 15 is 0 Å². The minimum Gasteiger partial charge on any atom is -0.399 e. The zero-order chi connectivity index (χ0) is 13.0. The van der Waals surface area contributed by atoms with Gasteiger partial charge in [-0.25, -0.2) is 0 Å². The molecule has 0 bridgehead atoms. The van der Waals surface area contributed by atoms with E-state index in [2.05, 4.69) is 5.32 Å². The molecule has 18 heavy (non-hydrogen) atoms. The molecule has 2 rings (SSSR count). The summed E-state index contributed by atoms with van der Waals surface area (Å²) in [4.78, 5) is 11.9. The average molecular weight is 248 g/mol. The first-order valence-electron chi connectivity index (χ1n) is 6.31. The molecule has 1 fully saturated rings. The summed E-state index contributed by atoms with van der Waals surface area (Å²) in [7, 11) is 0. The number of rotatable bonds is 4. The first-order valence-corrected chi connectivity index (χ1v) is 6.31. The van der Waals surface area contributed by atoms with Crippen molar-refractivity contribution in [3.05, 3.63) is 29.8 Å². The highest BCUT2D eigenvalue weighted by atomic mass is 16.5. The first-order chi connectivity index (χ1) is 8.57. The fourth-order valence-electron chi connectivity index (χ4n) is 2.11. The van der Waals surface area contributed by atoms with Crippen molar-refractivity contribution < 1.29 is 9.53 Å². The van der Waals surface area contributed by atoms with Gasteiger partial charge in [0.05, 0.1) is 12.1 Å². The zero-order valence-corrected chi connectivity index (χ0v) is 10.7. The first kappa shape index (κ1) is 12.9. The van der Waals surface area contributed by atoms with Crippen LogP contribution in [-0.4, -0.2) is 24.7 Å². The number of carbonyl (C=O) groups is 1. The second-order valence-electron chi connectivity index (χ2n) is 5.15. The molecule has 1 aromatic rings. The number of hydrogen-bond donors (Lipinski definition) is 2. The average Bonchev–Trinajstić information content (AvgIpc) is 2.75. The number of carbonyl (C=O) groups excluding carboxylic acids is 1. The molecule has 1 atom stereocenters. The summed E-state index contributed by atoms with van der Waals surface area (Å²) in [5, 5.41) is 3.05. The fourth-order valence-corrected chi connectivity index (χ4v) is 2.11.